The molecule has 0 rings (SSSR count). The summed E-state index contributed by atoms with van der Waals surface area (Å²) in [7, 11) is 0. The van der Waals surface area contributed by atoms with Gasteiger partial charge in [-0.15, -0.1) is 12.6 Å². The Morgan fingerprint density at radius 2 is 0.952 bits per heavy atom. The molecule has 0 atom stereocenters. The summed E-state index contributed by atoms with van der Waals surface area (Å²) in [5.74, 6) is 0. The summed E-state index contributed by atoms with van der Waals surface area (Å²) in [5.41, 5.74) is 4.71. The van der Waals surface area contributed by atoms with Gasteiger partial charge in [-0.25, -0.2) is 0 Å². The van der Waals surface area contributed by atoms with Crippen LogP contribution in [0.3, 0.4) is 0 Å². The van der Waals surface area contributed by atoms with Crippen molar-refractivity contribution in [3.8, 4) is 0 Å². The molecule has 134 valence electrons. The molecule has 0 bridgehead atoms. The van der Waals surface area contributed by atoms with Gasteiger partial charge in [-0.05, 0) is 0 Å². The van der Waals surface area contributed by atoms with Gasteiger partial charge in [0.05, 0.1) is 0 Å². The van der Waals surface area contributed by atoms with E-state index in [9.17, 15) is 0 Å². The van der Waals surface area contributed by atoms with Gasteiger partial charge in [0.25, 0.3) is 0 Å². The van der Waals surface area contributed by atoms with Gasteiger partial charge < -0.3 is 5.73 Å². The Bertz CT molecular complexity index is 193. The van der Waals surface area contributed by atoms with Gasteiger partial charge in [0.1, 0.15) is 4.32 Å². The number of nitrogens with two attached hydrogens (primary N) is 1. The SMILES string of the molecule is CCC[CH2][Ni]([CH2]CCC)([CH2]CCC)[CH2]CCC.NC(=S)S. The second kappa shape index (κ2) is 17.1. The first kappa shape index (κ1) is 24.0. The third-order valence-corrected chi connectivity index (χ3v) is 8.79. The molecule has 0 fully saturated rings. The molecular formula is C17H39NNiS2. The van der Waals surface area contributed by atoms with Crippen LogP contribution in [0.4, 0.5) is 0 Å². The molecule has 0 heterocycles. The molecule has 0 spiro atoms. The zero-order chi connectivity index (χ0) is 16.6. The van der Waals surface area contributed by atoms with E-state index in [1.807, 2.05) is 0 Å². The number of thiol groups is 1. The maximum Gasteiger partial charge on any atom is 0.128 e. The third kappa shape index (κ3) is 16.9. The molecule has 0 saturated carbocycles. The summed E-state index contributed by atoms with van der Waals surface area (Å²) < 4.78 is 0.194. The summed E-state index contributed by atoms with van der Waals surface area (Å²) in [6.45, 7) is 9.41. The Morgan fingerprint density at radius 3 is 1.10 bits per heavy atom. The van der Waals surface area contributed by atoms with Gasteiger partial charge in [0.15, 0.2) is 0 Å². The minimum atomic E-state index is -0.364. The van der Waals surface area contributed by atoms with E-state index in [1.54, 1.807) is 21.6 Å². The fourth-order valence-corrected chi connectivity index (χ4v) is 7.71. The van der Waals surface area contributed by atoms with Crippen molar-refractivity contribution in [2.45, 2.75) is 101 Å². The van der Waals surface area contributed by atoms with Crippen LogP contribution in [-0.2, 0) is 12.4 Å². The summed E-state index contributed by atoms with van der Waals surface area (Å²) in [6, 6.07) is 0. The normalized spacial score (nSPS) is 11.7. The third-order valence-electron chi connectivity index (χ3n) is 3.20. The van der Waals surface area contributed by atoms with Crippen molar-refractivity contribution in [1.82, 2.24) is 0 Å². The maximum atomic E-state index is 4.71. The molecule has 0 saturated heterocycles. The summed E-state index contributed by atoms with van der Waals surface area (Å²) >= 11 is 7.29. The molecule has 0 aromatic heterocycles. The monoisotopic (exact) mass is 379 g/mol. The predicted molar refractivity (Wildman–Crippen MR) is 105 cm³/mol. The van der Waals surface area contributed by atoms with E-state index in [-0.39, 0.29) is 16.7 Å². The molecule has 2 N–H and O–H groups in total. The summed E-state index contributed by atoms with van der Waals surface area (Å²) in [6.07, 6.45) is 11.5. The molecule has 0 aromatic carbocycles. The number of hydrogen-bond donors (Lipinski definition) is 2. The first-order valence-electron chi connectivity index (χ1n) is 8.44. The smallest absolute Gasteiger partial charge is 0.128 e. The van der Waals surface area contributed by atoms with Crippen LogP contribution in [-0.4, -0.2) is 4.32 Å². The van der Waals surface area contributed by atoms with Gasteiger partial charge in [-0.1, -0.05) is 12.2 Å². The van der Waals surface area contributed by atoms with Crippen molar-refractivity contribution in [2.75, 3.05) is 0 Å². The van der Waals surface area contributed by atoms with E-state index in [1.165, 1.54) is 51.4 Å². The zero-order valence-corrected chi connectivity index (χ0v) is 17.4. The Kier molecular flexibility index (Phi) is 19.5. The van der Waals surface area contributed by atoms with Crippen LogP contribution < -0.4 is 5.73 Å². The Hall–Kier alpha value is 0.734. The van der Waals surface area contributed by atoms with E-state index in [0.29, 0.717) is 0 Å². The largest absolute Gasteiger partial charge is 0.385 e. The van der Waals surface area contributed by atoms with Gasteiger partial charge >= 0.3 is 113 Å². The van der Waals surface area contributed by atoms with Crippen LogP contribution in [0, 0.1) is 0 Å². The van der Waals surface area contributed by atoms with Crippen LogP contribution in [0.25, 0.3) is 0 Å². The minimum Gasteiger partial charge on any atom is -0.385 e. The van der Waals surface area contributed by atoms with Crippen molar-refractivity contribution in [3.05, 3.63) is 0 Å². The van der Waals surface area contributed by atoms with Crippen LogP contribution in [0.15, 0.2) is 0 Å². The van der Waals surface area contributed by atoms with Gasteiger partial charge in [-0.2, -0.15) is 0 Å². The fraction of sp³-hybridized carbons (Fsp3) is 0.941. The quantitative estimate of drug-likeness (QED) is 0.213. The molecule has 0 aliphatic rings. The average molecular weight is 380 g/mol. The number of rotatable bonds is 12. The molecule has 0 aliphatic carbocycles. The Balaban J connectivity index is 0. The second-order valence-electron chi connectivity index (χ2n) is 5.33. The topological polar surface area (TPSA) is 26.0 Å². The van der Waals surface area contributed by atoms with Gasteiger partial charge in [0.2, 0.25) is 0 Å². The van der Waals surface area contributed by atoms with Crippen molar-refractivity contribution in [3.63, 3.8) is 0 Å². The van der Waals surface area contributed by atoms with Crippen LogP contribution in [0.1, 0.15) is 79.1 Å². The predicted octanol–water partition coefficient (Wildman–Crippen LogP) is 7.17. The summed E-state index contributed by atoms with van der Waals surface area (Å²) in [4.78, 5) is 0. The molecule has 0 radical (unpaired) electrons. The fourth-order valence-electron chi connectivity index (χ4n) is 1.87. The minimum absolute atomic E-state index is 0.194. The van der Waals surface area contributed by atoms with E-state index in [4.69, 9.17) is 5.73 Å². The van der Waals surface area contributed by atoms with Crippen molar-refractivity contribution in [2.24, 2.45) is 5.73 Å². The van der Waals surface area contributed by atoms with Crippen LogP contribution in [0.5, 0.6) is 0 Å². The van der Waals surface area contributed by atoms with Crippen LogP contribution in [0.2, 0.25) is 21.6 Å². The first-order chi connectivity index (χ1) is 9.97. The maximum absolute atomic E-state index is 4.71. The molecule has 21 heavy (non-hydrogen) atoms. The average Bonchev–Trinajstić information content (AvgIpc) is 2.45. The van der Waals surface area contributed by atoms with Crippen molar-refractivity contribution in [1.29, 1.82) is 0 Å². The number of thiocarbonyl (C=S) groups is 1. The number of hydrogen-bond acceptors (Lipinski definition) is 1. The Morgan fingerprint density at radius 1 is 0.762 bits per heavy atom. The standard InChI is InChI=1S/4C4H9.CH3NS2.Ni/c4*1-3-4-2;2-1(3)4;/h4*1,3-4H2,2H3;(H3,2,3,4);. The summed E-state index contributed by atoms with van der Waals surface area (Å²) in [5, 5.41) is 6.33. The van der Waals surface area contributed by atoms with Crippen LogP contribution >= 0.6 is 24.8 Å². The number of unbranched alkanes of at least 4 members (excludes halogenated alkanes) is 4. The van der Waals surface area contributed by atoms with Gasteiger partial charge in [-0.3, -0.25) is 0 Å². The molecule has 1 nitrogen and oxygen atoms in total. The second-order valence-corrected chi connectivity index (χ2v) is 11.5. The molecule has 0 amide bonds. The molecule has 0 aromatic rings. The van der Waals surface area contributed by atoms with E-state index in [2.05, 4.69) is 52.5 Å². The molecular weight excluding hydrogens is 341 g/mol. The first-order valence-corrected chi connectivity index (χ1v) is 12.1. The van der Waals surface area contributed by atoms with Gasteiger partial charge in [0, 0.05) is 0 Å². The van der Waals surface area contributed by atoms with Crippen molar-refractivity contribution < 1.29 is 12.4 Å². The molecule has 0 aliphatic heterocycles. The zero-order valence-electron chi connectivity index (χ0n) is 14.7. The molecule has 4 heteroatoms. The molecule has 0 unspecified atom stereocenters. The Labute approximate surface area is 147 Å². The van der Waals surface area contributed by atoms with Crippen molar-refractivity contribution >= 4 is 29.2 Å². The van der Waals surface area contributed by atoms with E-state index >= 15 is 0 Å². The van der Waals surface area contributed by atoms with E-state index in [0.717, 1.165) is 0 Å². The van der Waals surface area contributed by atoms with E-state index < -0.39 is 0 Å².